The molecule has 2 bridgehead atoms. The molecule has 2 aromatic rings. The molecule has 0 amide bonds. The fourth-order valence-electron chi connectivity index (χ4n) is 3.67. The van der Waals surface area contributed by atoms with Crippen molar-refractivity contribution in [3.8, 4) is 0 Å². The molecule has 3 atom stereocenters. The van der Waals surface area contributed by atoms with Crippen LogP contribution in [-0.2, 0) is 11.3 Å². The van der Waals surface area contributed by atoms with Crippen LogP contribution in [0.3, 0.4) is 0 Å². The molecule has 130 valence electrons. The molecule has 0 saturated carbocycles. The van der Waals surface area contributed by atoms with Gasteiger partial charge >= 0.3 is 0 Å². The molecule has 0 radical (unpaired) electrons. The summed E-state index contributed by atoms with van der Waals surface area (Å²) < 4.78 is 5.92. The van der Waals surface area contributed by atoms with Crippen LogP contribution in [0.2, 0.25) is 0 Å². The molecular formula is C18H25IN4O. The SMILES string of the molecule is CCNC(=NCc1cc2ccccc2[nH]1)NC1CC2CCC1O2.I. The number of benzene rings is 1. The summed E-state index contributed by atoms with van der Waals surface area (Å²) >= 11 is 0. The Morgan fingerprint density at radius 1 is 1.33 bits per heavy atom. The number of rotatable bonds is 4. The van der Waals surface area contributed by atoms with Gasteiger partial charge in [-0.2, -0.15) is 0 Å². The van der Waals surface area contributed by atoms with Crippen molar-refractivity contribution in [2.45, 2.75) is 51.0 Å². The number of hydrogen-bond acceptors (Lipinski definition) is 2. The Hall–Kier alpha value is -1.28. The molecule has 2 saturated heterocycles. The van der Waals surface area contributed by atoms with Crippen LogP contribution in [0.4, 0.5) is 0 Å². The zero-order chi connectivity index (χ0) is 15.6. The van der Waals surface area contributed by atoms with E-state index in [1.54, 1.807) is 0 Å². The monoisotopic (exact) mass is 440 g/mol. The van der Waals surface area contributed by atoms with Crippen molar-refractivity contribution < 1.29 is 4.74 Å². The first-order chi connectivity index (χ1) is 11.3. The summed E-state index contributed by atoms with van der Waals surface area (Å²) in [5, 5.41) is 8.13. The minimum atomic E-state index is 0. The molecule has 2 fully saturated rings. The molecule has 3 heterocycles. The van der Waals surface area contributed by atoms with Crippen molar-refractivity contribution in [1.29, 1.82) is 0 Å². The predicted octanol–water partition coefficient (Wildman–Crippen LogP) is 3.16. The lowest BCUT2D eigenvalue weighted by Crippen LogP contribution is -2.47. The van der Waals surface area contributed by atoms with Crippen LogP contribution in [-0.4, -0.2) is 35.7 Å². The molecule has 24 heavy (non-hydrogen) atoms. The van der Waals surface area contributed by atoms with Crippen LogP contribution in [0.5, 0.6) is 0 Å². The van der Waals surface area contributed by atoms with E-state index >= 15 is 0 Å². The van der Waals surface area contributed by atoms with Gasteiger partial charge in [0.05, 0.1) is 24.8 Å². The fraction of sp³-hybridized carbons (Fsp3) is 0.500. The number of guanidine groups is 1. The van der Waals surface area contributed by atoms with Crippen LogP contribution < -0.4 is 10.6 Å². The van der Waals surface area contributed by atoms with Crippen LogP contribution in [0.1, 0.15) is 31.9 Å². The summed E-state index contributed by atoms with van der Waals surface area (Å²) in [6.07, 6.45) is 4.29. The lowest BCUT2D eigenvalue weighted by atomic mass is 9.96. The minimum Gasteiger partial charge on any atom is -0.373 e. The van der Waals surface area contributed by atoms with Gasteiger partial charge in [-0.1, -0.05) is 18.2 Å². The van der Waals surface area contributed by atoms with E-state index in [9.17, 15) is 0 Å². The fourth-order valence-corrected chi connectivity index (χ4v) is 3.67. The molecule has 3 unspecified atom stereocenters. The maximum atomic E-state index is 5.92. The number of H-pyrrole nitrogens is 1. The standard InChI is InChI=1S/C18H24N4O.HI/c1-2-19-18(22-16-10-14-7-8-17(16)23-14)20-11-13-9-12-5-3-4-6-15(12)21-13;/h3-6,9,14,16-17,21H,2,7-8,10-11H2,1H3,(H2,19,20,22);1H. The van der Waals surface area contributed by atoms with Crippen molar-refractivity contribution in [2.75, 3.05) is 6.54 Å². The van der Waals surface area contributed by atoms with Crippen molar-refractivity contribution in [3.05, 3.63) is 36.0 Å². The first kappa shape index (κ1) is 17.5. The highest BCUT2D eigenvalue weighted by Gasteiger charge is 2.41. The summed E-state index contributed by atoms with van der Waals surface area (Å²) in [7, 11) is 0. The number of para-hydroxylation sites is 1. The summed E-state index contributed by atoms with van der Waals surface area (Å²) in [6.45, 7) is 3.60. The third-order valence-corrected chi connectivity index (χ3v) is 4.77. The van der Waals surface area contributed by atoms with Gasteiger partial charge in [0.25, 0.3) is 0 Å². The van der Waals surface area contributed by atoms with E-state index in [0.717, 1.165) is 30.1 Å². The van der Waals surface area contributed by atoms with Gasteiger partial charge in [-0.05, 0) is 43.7 Å². The molecule has 3 N–H and O–H groups in total. The number of aromatic nitrogens is 1. The predicted molar refractivity (Wildman–Crippen MR) is 108 cm³/mol. The van der Waals surface area contributed by atoms with E-state index in [0.29, 0.717) is 24.8 Å². The maximum absolute atomic E-state index is 5.92. The molecule has 6 heteroatoms. The summed E-state index contributed by atoms with van der Waals surface area (Å²) in [6, 6.07) is 10.9. The Kier molecular flexibility index (Phi) is 5.65. The van der Waals surface area contributed by atoms with E-state index in [4.69, 9.17) is 9.73 Å². The van der Waals surface area contributed by atoms with Gasteiger partial charge in [-0.25, -0.2) is 4.99 Å². The lowest BCUT2D eigenvalue weighted by Gasteiger charge is -2.22. The van der Waals surface area contributed by atoms with E-state index in [1.807, 2.05) is 6.07 Å². The van der Waals surface area contributed by atoms with Crippen LogP contribution >= 0.6 is 24.0 Å². The quantitative estimate of drug-likeness (QED) is 0.389. The van der Waals surface area contributed by atoms with Gasteiger partial charge in [0.1, 0.15) is 0 Å². The topological polar surface area (TPSA) is 61.4 Å². The number of nitrogens with one attached hydrogen (secondary N) is 3. The largest absolute Gasteiger partial charge is 0.373 e. The van der Waals surface area contributed by atoms with E-state index in [-0.39, 0.29) is 24.0 Å². The van der Waals surface area contributed by atoms with Crippen LogP contribution in [0, 0.1) is 0 Å². The zero-order valence-corrected chi connectivity index (χ0v) is 16.2. The summed E-state index contributed by atoms with van der Waals surface area (Å²) in [4.78, 5) is 8.16. The third-order valence-electron chi connectivity index (χ3n) is 4.77. The number of hydrogen-bond donors (Lipinski definition) is 3. The first-order valence-corrected chi connectivity index (χ1v) is 8.59. The van der Waals surface area contributed by atoms with Gasteiger partial charge in [0.15, 0.2) is 5.96 Å². The van der Waals surface area contributed by atoms with Crippen LogP contribution in [0.15, 0.2) is 35.3 Å². The number of halogens is 1. The molecular weight excluding hydrogens is 415 g/mol. The highest BCUT2D eigenvalue weighted by Crippen LogP contribution is 2.34. The average Bonchev–Trinajstić information content (AvgIpc) is 3.27. The number of ether oxygens (including phenoxy) is 1. The number of aliphatic imine (C=N–C) groups is 1. The molecule has 4 rings (SSSR count). The molecule has 1 aromatic carbocycles. The van der Waals surface area contributed by atoms with E-state index in [2.05, 4.69) is 46.8 Å². The minimum absolute atomic E-state index is 0. The van der Waals surface area contributed by atoms with E-state index < -0.39 is 0 Å². The zero-order valence-electron chi connectivity index (χ0n) is 13.9. The molecule has 1 aromatic heterocycles. The molecule has 0 aliphatic carbocycles. The summed E-state index contributed by atoms with van der Waals surface area (Å²) in [5.41, 5.74) is 2.30. The van der Waals surface area contributed by atoms with Crippen molar-refractivity contribution in [3.63, 3.8) is 0 Å². The Balaban J connectivity index is 0.00000169. The maximum Gasteiger partial charge on any atom is 0.191 e. The third kappa shape index (κ3) is 3.69. The second kappa shape index (κ2) is 7.74. The smallest absolute Gasteiger partial charge is 0.191 e. The Morgan fingerprint density at radius 3 is 2.92 bits per heavy atom. The highest BCUT2D eigenvalue weighted by atomic mass is 127. The second-order valence-electron chi connectivity index (χ2n) is 6.44. The molecule has 0 spiro atoms. The van der Waals surface area contributed by atoms with Gasteiger partial charge in [-0.3, -0.25) is 0 Å². The average molecular weight is 440 g/mol. The van der Waals surface area contributed by atoms with Crippen LogP contribution in [0.25, 0.3) is 10.9 Å². The number of nitrogens with zero attached hydrogens (tertiary/aromatic N) is 1. The van der Waals surface area contributed by atoms with Gasteiger partial charge in [0, 0.05) is 17.8 Å². The number of aromatic amines is 1. The normalized spacial score (nSPS) is 25.7. The molecule has 2 aliphatic rings. The molecule has 2 aliphatic heterocycles. The lowest BCUT2D eigenvalue weighted by molar-refractivity contribution is 0.0992. The van der Waals surface area contributed by atoms with Crippen molar-refractivity contribution in [2.24, 2.45) is 4.99 Å². The van der Waals surface area contributed by atoms with Crippen molar-refractivity contribution >= 4 is 40.8 Å². The Morgan fingerprint density at radius 2 is 2.21 bits per heavy atom. The first-order valence-electron chi connectivity index (χ1n) is 8.59. The number of fused-ring (bicyclic) bond motifs is 3. The van der Waals surface area contributed by atoms with Gasteiger partial charge in [-0.15, -0.1) is 24.0 Å². The van der Waals surface area contributed by atoms with E-state index in [1.165, 1.54) is 18.2 Å². The Bertz CT molecular complexity index is 681. The summed E-state index contributed by atoms with van der Waals surface area (Å²) in [5.74, 6) is 0.882. The van der Waals surface area contributed by atoms with Gasteiger partial charge in [0.2, 0.25) is 0 Å². The second-order valence-corrected chi connectivity index (χ2v) is 6.44. The highest BCUT2D eigenvalue weighted by molar-refractivity contribution is 14.0. The molecule has 5 nitrogen and oxygen atoms in total. The van der Waals surface area contributed by atoms with Gasteiger partial charge < -0.3 is 20.4 Å². The Labute approximate surface area is 159 Å². The van der Waals surface area contributed by atoms with Crippen molar-refractivity contribution in [1.82, 2.24) is 15.6 Å².